The standard InChI is InChI=1S/C12H10N/c1-2-9-3-4-11(8-13)12(7-9)10-5-6-10/h3-4,7,10H,1,5-6H2. The van der Waals surface area contributed by atoms with Gasteiger partial charge in [0, 0.05) is 0 Å². The molecule has 2 rings (SSSR count). The predicted molar refractivity (Wildman–Crippen MR) is 51.1 cm³/mol. The maximum atomic E-state index is 8.87. The fourth-order valence-corrected chi connectivity index (χ4v) is 1.51. The molecule has 0 N–H and O–H groups in total. The van der Waals surface area contributed by atoms with Crippen LogP contribution in [0.25, 0.3) is 0 Å². The molecule has 1 aromatic carbocycles. The molecule has 1 radical (unpaired) electrons. The Morgan fingerprint density at radius 2 is 2.15 bits per heavy atom. The molecule has 1 saturated carbocycles. The molecule has 0 amide bonds. The second-order valence-electron chi connectivity index (χ2n) is 3.36. The molecule has 0 heterocycles. The molecule has 0 bridgehead atoms. The highest BCUT2D eigenvalue weighted by Gasteiger charge is 2.25. The van der Waals surface area contributed by atoms with Gasteiger partial charge in [0.2, 0.25) is 0 Å². The van der Waals surface area contributed by atoms with E-state index in [1.807, 2.05) is 18.2 Å². The van der Waals surface area contributed by atoms with E-state index in [9.17, 15) is 0 Å². The Bertz CT molecular complexity index is 381. The van der Waals surface area contributed by atoms with Crippen molar-refractivity contribution in [2.75, 3.05) is 0 Å². The van der Waals surface area contributed by atoms with Crippen LogP contribution in [0.2, 0.25) is 0 Å². The zero-order valence-electron chi connectivity index (χ0n) is 7.38. The van der Waals surface area contributed by atoms with Gasteiger partial charge in [0.25, 0.3) is 0 Å². The van der Waals surface area contributed by atoms with Gasteiger partial charge in [-0.05, 0) is 48.1 Å². The van der Waals surface area contributed by atoms with Gasteiger partial charge in [0.1, 0.15) is 0 Å². The van der Waals surface area contributed by atoms with Crippen molar-refractivity contribution in [1.29, 1.82) is 5.26 Å². The monoisotopic (exact) mass is 168 g/mol. The van der Waals surface area contributed by atoms with Crippen LogP contribution in [0, 0.1) is 17.4 Å². The van der Waals surface area contributed by atoms with Crippen LogP contribution in [-0.2, 0) is 0 Å². The quantitative estimate of drug-likeness (QED) is 0.666. The third-order valence-electron chi connectivity index (χ3n) is 2.39. The third kappa shape index (κ3) is 1.48. The van der Waals surface area contributed by atoms with Gasteiger partial charge >= 0.3 is 0 Å². The summed E-state index contributed by atoms with van der Waals surface area (Å²) in [7, 11) is 0. The van der Waals surface area contributed by atoms with Gasteiger partial charge in [-0.15, -0.1) is 0 Å². The fraction of sp³-hybridized carbons (Fsp3) is 0.250. The Morgan fingerprint density at radius 1 is 1.38 bits per heavy atom. The average Bonchev–Trinajstić information content (AvgIpc) is 3.00. The number of hydrogen-bond acceptors (Lipinski definition) is 1. The van der Waals surface area contributed by atoms with Crippen molar-refractivity contribution >= 4 is 0 Å². The van der Waals surface area contributed by atoms with Crippen LogP contribution >= 0.6 is 0 Å². The number of hydrogen-bond donors (Lipinski definition) is 0. The first kappa shape index (κ1) is 8.07. The van der Waals surface area contributed by atoms with Crippen LogP contribution in [0.4, 0.5) is 0 Å². The lowest BCUT2D eigenvalue weighted by Gasteiger charge is -2.02. The van der Waals surface area contributed by atoms with Crippen LogP contribution < -0.4 is 0 Å². The summed E-state index contributed by atoms with van der Waals surface area (Å²) in [5.41, 5.74) is 2.97. The van der Waals surface area contributed by atoms with E-state index < -0.39 is 0 Å². The van der Waals surface area contributed by atoms with Crippen molar-refractivity contribution in [2.24, 2.45) is 0 Å². The van der Waals surface area contributed by atoms with E-state index in [0.29, 0.717) is 5.92 Å². The molecule has 0 spiro atoms. The molecule has 0 unspecified atom stereocenters. The van der Waals surface area contributed by atoms with Gasteiger partial charge in [0.05, 0.1) is 11.6 Å². The number of rotatable bonds is 2. The smallest absolute Gasteiger partial charge is 0.0994 e. The van der Waals surface area contributed by atoms with Crippen LogP contribution in [0.1, 0.15) is 35.4 Å². The first-order chi connectivity index (χ1) is 6.35. The van der Waals surface area contributed by atoms with Crippen LogP contribution in [0.3, 0.4) is 0 Å². The van der Waals surface area contributed by atoms with E-state index in [2.05, 4.69) is 18.7 Å². The molecule has 1 aliphatic rings. The van der Waals surface area contributed by atoms with Gasteiger partial charge in [-0.1, -0.05) is 12.6 Å². The van der Waals surface area contributed by atoms with Gasteiger partial charge < -0.3 is 0 Å². The Labute approximate surface area is 78.3 Å². The van der Waals surface area contributed by atoms with Gasteiger partial charge in [-0.25, -0.2) is 0 Å². The minimum atomic E-state index is 0.614. The molecule has 1 aliphatic carbocycles. The summed E-state index contributed by atoms with van der Waals surface area (Å²) in [5.74, 6) is 0.614. The van der Waals surface area contributed by atoms with E-state index in [1.165, 1.54) is 18.4 Å². The highest BCUT2D eigenvalue weighted by atomic mass is 14.3. The molecule has 0 saturated heterocycles. The maximum absolute atomic E-state index is 8.87. The maximum Gasteiger partial charge on any atom is 0.0994 e. The number of benzene rings is 1. The molecular weight excluding hydrogens is 158 g/mol. The number of nitrogens with zero attached hydrogens (tertiary/aromatic N) is 1. The molecule has 0 aliphatic heterocycles. The van der Waals surface area contributed by atoms with Crippen LogP contribution in [0.15, 0.2) is 24.8 Å². The summed E-state index contributed by atoms with van der Waals surface area (Å²) in [6, 6.07) is 8.00. The van der Waals surface area contributed by atoms with E-state index in [4.69, 9.17) is 5.26 Å². The second-order valence-corrected chi connectivity index (χ2v) is 3.36. The lowest BCUT2D eigenvalue weighted by Crippen LogP contribution is -1.88. The normalized spacial score (nSPS) is 15.0. The van der Waals surface area contributed by atoms with Crippen molar-refractivity contribution in [1.82, 2.24) is 0 Å². The lowest BCUT2D eigenvalue weighted by atomic mass is 10.0. The zero-order chi connectivity index (χ0) is 9.26. The van der Waals surface area contributed by atoms with Crippen LogP contribution in [-0.4, -0.2) is 0 Å². The summed E-state index contributed by atoms with van der Waals surface area (Å²) in [5, 5.41) is 8.87. The van der Waals surface area contributed by atoms with Crippen molar-refractivity contribution < 1.29 is 0 Å². The van der Waals surface area contributed by atoms with Crippen molar-refractivity contribution in [3.8, 4) is 6.07 Å². The highest BCUT2D eigenvalue weighted by molar-refractivity contribution is 5.45. The molecule has 0 atom stereocenters. The Hall–Kier alpha value is -1.55. The third-order valence-corrected chi connectivity index (χ3v) is 2.39. The molecule has 1 aromatic rings. The second kappa shape index (κ2) is 3.06. The minimum absolute atomic E-state index is 0.614. The Kier molecular flexibility index (Phi) is 1.90. The summed E-state index contributed by atoms with van der Waals surface area (Å²) in [6.07, 6.45) is 5.28. The van der Waals surface area contributed by atoms with Crippen molar-refractivity contribution in [3.05, 3.63) is 47.5 Å². The van der Waals surface area contributed by atoms with E-state index >= 15 is 0 Å². The molecule has 1 fully saturated rings. The summed E-state index contributed by atoms with van der Waals surface area (Å²) >= 11 is 0. The fourth-order valence-electron chi connectivity index (χ4n) is 1.51. The molecule has 13 heavy (non-hydrogen) atoms. The predicted octanol–water partition coefficient (Wildman–Crippen LogP) is 2.77. The minimum Gasteiger partial charge on any atom is -0.192 e. The first-order valence-corrected chi connectivity index (χ1v) is 4.42. The molecule has 1 heteroatoms. The molecular formula is C12H10N. The zero-order valence-corrected chi connectivity index (χ0v) is 7.38. The number of nitriles is 1. The van der Waals surface area contributed by atoms with E-state index in [-0.39, 0.29) is 0 Å². The van der Waals surface area contributed by atoms with Crippen molar-refractivity contribution in [3.63, 3.8) is 0 Å². The summed E-state index contributed by atoms with van der Waals surface area (Å²) in [6.45, 7) is 3.60. The van der Waals surface area contributed by atoms with Crippen LogP contribution in [0.5, 0.6) is 0 Å². The van der Waals surface area contributed by atoms with E-state index in [1.54, 1.807) is 0 Å². The Balaban J connectivity index is 2.48. The largest absolute Gasteiger partial charge is 0.192 e. The average molecular weight is 168 g/mol. The topological polar surface area (TPSA) is 23.8 Å². The molecule has 1 nitrogen and oxygen atoms in total. The summed E-state index contributed by atoms with van der Waals surface area (Å²) < 4.78 is 0. The van der Waals surface area contributed by atoms with E-state index in [0.717, 1.165) is 11.1 Å². The summed E-state index contributed by atoms with van der Waals surface area (Å²) in [4.78, 5) is 0. The van der Waals surface area contributed by atoms with Gasteiger partial charge in [0.15, 0.2) is 0 Å². The Morgan fingerprint density at radius 3 is 2.69 bits per heavy atom. The highest BCUT2D eigenvalue weighted by Crippen LogP contribution is 2.41. The molecule has 0 aromatic heterocycles. The van der Waals surface area contributed by atoms with Gasteiger partial charge in [-0.2, -0.15) is 5.26 Å². The SMILES string of the molecule is C=[C]c1ccc(C#N)c(C2CC2)c1. The molecule has 63 valence electrons. The van der Waals surface area contributed by atoms with Gasteiger partial charge in [-0.3, -0.25) is 0 Å². The first-order valence-electron chi connectivity index (χ1n) is 4.42. The lowest BCUT2D eigenvalue weighted by molar-refractivity contribution is 1.11. The van der Waals surface area contributed by atoms with Crippen molar-refractivity contribution in [2.45, 2.75) is 18.8 Å².